The minimum atomic E-state index is -1.46. The van der Waals surface area contributed by atoms with Crippen LogP contribution in [0.2, 0.25) is 0 Å². The van der Waals surface area contributed by atoms with E-state index in [9.17, 15) is 23.7 Å². The lowest BCUT2D eigenvalue weighted by molar-refractivity contribution is -0.383. The predicted molar refractivity (Wildman–Crippen MR) is 70.1 cm³/mol. The highest BCUT2D eigenvalue weighted by atomic mass is 19.1. The molecule has 0 aliphatic carbocycles. The number of nitro benzene ring substituents is 1. The second kappa shape index (κ2) is 5.53. The summed E-state index contributed by atoms with van der Waals surface area (Å²) in [6.45, 7) is 0. The van der Waals surface area contributed by atoms with E-state index in [-0.39, 0.29) is 16.8 Å². The molecule has 2 N–H and O–H groups in total. The third kappa shape index (κ3) is 3.11. The lowest BCUT2D eigenvalue weighted by atomic mass is 10.0. The SMILES string of the molecule is O=C(O)Nc1ccc(-c2ccc(F)cc2F)cc1[N+](=O)[O-]. The van der Waals surface area contributed by atoms with Gasteiger partial charge in [0.1, 0.15) is 17.3 Å². The van der Waals surface area contributed by atoms with Gasteiger partial charge in [0, 0.05) is 17.7 Å². The first-order valence-electron chi connectivity index (χ1n) is 5.62. The van der Waals surface area contributed by atoms with Crippen LogP contribution in [0.1, 0.15) is 0 Å². The Hall–Kier alpha value is -3.03. The van der Waals surface area contributed by atoms with E-state index in [0.29, 0.717) is 6.07 Å². The molecular formula is C13H8F2N2O4. The summed E-state index contributed by atoms with van der Waals surface area (Å²) in [5.74, 6) is -1.64. The van der Waals surface area contributed by atoms with Crippen molar-refractivity contribution in [1.29, 1.82) is 0 Å². The molecule has 2 aromatic carbocycles. The molecule has 0 atom stereocenters. The van der Waals surface area contributed by atoms with Crippen molar-refractivity contribution in [2.45, 2.75) is 0 Å². The fraction of sp³-hybridized carbons (Fsp3) is 0. The van der Waals surface area contributed by atoms with E-state index in [1.54, 1.807) is 0 Å². The van der Waals surface area contributed by atoms with Crippen molar-refractivity contribution < 1.29 is 23.6 Å². The Labute approximate surface area is 116 Å². The summed E-state index contributed by atoms with van der Waals surface area (Å²) < 4.78 is 26.5. The maximum Gasteiger partial charge on any atom is 0.409 e. The Bertz CT molecular complexity index is 734. The lowest BCUT2D eigenvalue weighted by Crippen LogP contribution is -2.09. The molecule has 0 aliphatic rings. The lowest BCUT2D eigenvalue weighted by Gasteiger charge is -2.07. The van der Waals surface area contributed by atoms with Crippen LogP contribution >= 0.6 is 0 Å². The topological polar surface area (TPSA) is 92.5 Å². The van der Waals surface area contributed by atoms with Crippen LogP contribution in [0, 0.1) is 21.7 Å². The van der Waals surface area contributed by atoms with E-state index in [1.807, 2.05) is 5.32 Å². The number of hydrogen-bond donors (Lipinski definition) is 2. The summed E-state index contributed by atoms with van der Waals surface area (Å²) in [4.78, 5) is 20.7. The quantitative estimate of drug-likeness (QED) is 0.667. The van der Waals surface area contributed by atoms with Crippen LogP contribution in [-0.2, 0) is 0 Å². The summed E-state index contributed by atoms with van der Waals surface area (Å²) >= 11 is 0. The van der Waals surface area contributed by atoms with Crippen molar-refractivity contribution in [2.75, 3.05) is 5.32 Å². The van der Waals surface area contributed by atoms with Crippen LogP contribution in [0.25, 0.3) is 11.1 Å². The van der Waals surface area contributed by atoms with E-state index in [0.717, 1.165) is 24.3 Å². The van der Waals surface area contributed by atoms with E-state index >= 15 is 0 Å². The number of carbonyl (C=O) groups is 1. The number of anilines is 1. The minimum absolute atomic E-state index is 0.0265. The van der Waals surface area contributed by atoms with Crippen molar-refractivity contribution in [1.82, 2.24) is 0 Å². The fourth-order valence-electron chi connectivity index (χ4n) is 1.79. The van der Waals surface area contributed by atoms with Crippen molar-refractivity contribution in [3.05, 3.63) is 58.1 Å². The van der Waals surface area contributed by atoms with Gasteiger partial charge in [-0.25, -0.2) is 13.6 Å². The smallest absolute Gasteiger partial charge is 0.409 e. The predicted octanol–water partition coefficient (Wildman–Crippen LogP) is 3.63. The first-order valence-corrected chi connectivity index (χ1v) is 5.62. The zero-order chi connectivity index (χ0) is 15.6. The maximum atomic E-state index is 13.7. The van der Waals surface area contributed by atoms with Crippen molar-refractivity contribution in [2.24, 2.45) is 0 Å². The molecule has 6 nitrogen and oxygen atoms in total. The molecule has 1 amide bonds. The van der Waals surface area contributed by atoms with Crippen molar-refractivity contribution >= 4 is 17.5 Å². The largest absolute Gasteiger partial charge is 0.465 e. The number of nitro groups is 1. The number of carboxylic acid groups (broad SMARTS) is 1. The minimum Gasteiger partial charge on any atom is -0.465 e. The van der Waals surface area contributed by atoms with Crippen LogP contribution in [0.15, 0.2) is 36.4 Å². The van der Waals surface area contributed by atoms with Gasteiger partial charge in [-0.1, -0.05) is 6.07 Å². The zero-order valence-electron chi connectivity index (χ0n) is 10.3. The highest BCUT2D eigenvalue weighted by Gasteiger charge is 2.18. The van der Waals surface area contributed by atoms with Gasteiger partial charge in [0.15, 0.2) is 0 Å². The molecule has 0 saturated heterocycles. The molecule has 2 aromatic rings. The van der Waals surface area contributed by atoms with Gasteiger partial charge in [0.25, 0.3) is 5.69 Å². The zero-order valence-corrected chi connectivity index (χ0v) is 10.3. The number of hydrogen-bond acceptors (Lipinski definition) is 3. The van der Waals surface area contributed by atoms with Crippen LogP contribution < -0.4 is 5.32 Å². The Morgan fingerprint density at radius 2 is 1.90 bits per heavy atom. The molecule has 0 radical (unpaired) electrons. The normalized spacial score (nSPS) is 10.2. The third-order valence-corrected chi connectivity index (χ3v) is 2.68. The van der Waals surface area contributed by atoms with Gasteiger partial charge in [0.05, 0.1) is 4.92 Å². The van der Waals surface area contributed by atoms with Gasteiger partial charge in [0.2, 0.25) is 0 Å². The van der Waals surface area contributed by atoms with Crippen LogP contribution in [0.4, 0.5) is 25.0 Å². The molecule has 0 unspecified atom stereocenters. The number of nitrogens with zero attached hydrogens (tertiary/aromatic N) is 1. The molecule has 0 aliphatic heterocycles. The molecule has 2 rings (SSSR count). The molecule has 8 heteroatoms. The van der Waals surface area contributed by atoms with E-state index < -0.39 is 28.3 Å². The van der Waals surface area contributed by atoms with E-state index in [4.69, 9.17) is 5.11 Å². The standard InChI is InChI=1S/C13H8F2N2O4/c14-8-2-3-9(10(15)6-8)7-1-4-11(16-13(18)19)12(5-7)17(20)21/h1-6,16H,(H,18,19). The molecule has 0 bridgehead atoms. The van der Waals surface area contributed by atoms with Crippen LogP contribution in [-0.4, -0.2) is 16.1 Å². The molecule has 21 heavy (non-hydrogen) atoms. The maximum absolute atomic E-state index is 13.7. The van der Waals surface area contributed by atoms with Gasteiger partial charge < -0.3 is 5.11 Å². The summed E-state index contributed by atoms with van der Waals surface area (Å²) in [6.07, 6.45) is -1.46. The molecule has 0 spiro atoms. The van der Waals surface area contributed by atoms with Gasteiger partial charge in [-0.15, -0.1) is 0 Å². The van der Waals surface area contributed by atoms with E-state index in [2.05, 4.69) is 0 Å². The summed E-state index contributed by atoms with van der Waals surface area (Å²) in [7, 11) is 0. The van der Waals surface area contributed by atoms with Gasteiger partial charge >= 0.3 is 6.09 Å². The second-order valence-corrected chi connectivity index (χ2v) is 4.04. The number of halogens is 2. The number of benzene rings is 2. The average molecular weight is 294 g/mol. The summed E-state index contributed by atoms with van der Waals surface area (Å²) in [6, 6.07) is 6.28. The molecule has 0 fully saturated rings. The Kier molecular flexibility index (Phi) is 3.79. The number of amides is 1. The molecule has 108 valence electrons. The summed E-state index contributed by atoms with van der Waals surface area (Å²) in [5.41, 5.74) is -0.658. The first kappa shape index (κ1) is 14.4. The Morgan fingerprint density at radius 1 is 1.19 bits per heavy atom. The summed E-state index contributed by atoms with van der Waals surface area (Å²) in [5, 5.41) is 21.4. The average Bonchev–Trinajstić information content (AvgIpc) is 2.38. The molecular weight excluding hydrogens is 286 g/mol. The number of nitrogens with one attached hydrogen (secondary N) is 1. The van der Waals surface area contributed by atoms with Crippen LogP contribution in [0.3, 0.4) is 0 Å². The highest BCUT2D eigenvalue weighted by Crippen LogP contribution is 2.32. The molecule has 0 aromatic heterocycles. The third-order valence-electron chi connectivity index (χ3n) is 2.68. The van der Waals surface area contributed by atoms with Gasteiger partial charge in [-0.05, 0) is 23.8 Å². The molecule has 0 saturated carbocycles. The van der Waals surface area contributed by atoms with Crippen molar-refractivity contribution in [3.8, 4) is 11.1 Å². The number of rotatable bonds is 3. The van der Waals surface area contributed by atoms with Crippen molar-refractivity contribution in [3.63, 3.8) is 0 Å². The molecule has 0 heterocycles. The van der Waals surface area contributed by atoms with Gasteiger partial charge in [-0.2, -0.15) is 0 Å². The van der Waals surface area contributed by atoms with E-state index in [1.165, 1.54) is 6.07 Å². The Morgan fingerprint density at radius 3 is 2.48 bits per heavy atom. The fourth-order valence-corrected chi connectivity index (χ4v) is 1.79. The van der Waals surface area contributed by atoms with Crippen LogP contribution in [0.5, 0.6) is 0 Å². The Balaban J connectivity index is 2.53. The van der Waals surface area contributed by atoms with Gasteiger partial charge in [-0.3, -0.25) is 15.4 Å². The first-order chi connectivity index (χ1) is 9.88. The highest BCUT2D eigenvalue weighted by molar-refractivity contribution is 5.87. The monoisotopic (exact) mass is 294 g/mol. The second-order valence-electron chi connectivity index (χ2n) is 4.04.